The van der Waals surface area contributed by atoms with Gasteiger partial charge in [-0.05, 0) is 34.4 Å². The van der Waals surface area contributed by atoms with Gasteiger partial charge in [-0.3, -0.25) is 0 Å². The summed E-state index contributed by atoms with van der Waals surface area (Å²) in [5, 5.41) is 21.3. The van der Waals surface area contributed by atoms with Crippen LogP contribution in [0.3, 0.4) is 0 Å². The molecule has 3 heteroatoms. The monoisotopic (exact) mass is 462 g/mol. The highest BCUT2D eigenvalue weighted by molar-refractivity contribution is 5.51. The van der Waals surface area contributed by atoms with Crippen molar-refractivity contribution >= 4 is 0 Å². The van der Waals surface area contributed by atoms with Gasteiger partial charge in [0.25, 0.3) is 0 Å². The largest absolute Gasteiger partial charge is 0.457 e. The number of aliphatic hydroxyl groups is 2. The normalized spacial score (nSPS) is 12.5. The molecule has 0 aliphatic carbocycles. The molecule has 0 saturated heterocycles. The summed E-state index contributed by atoms with van der Waals surface area (Å²) in [4.78, 5) is 0. The Morgan fingerprint density at radius 2 is 0.971 bits per heavy atom. The fourth-order valence-corrected chi connectivity index (χ4v) is 4.26. The van der Waals surface area contributed by atoms with Crippen LogP contribution in [-0.2, 0) is 12.8 Å². The highest BCUT2D eigenvalue weighted by Crippen LogP contribution is 2.37. The minimum atomic E-state index is -0.810. The number of aliphatic hydroxyl groups excluding tert-OH is 2. The highest BCUT2D eigenvalue weighted by Gasteiger charge is 2.19. The van der Waals surface area contributed by atoms with Crippen LogP contribution in [0.5, 0.6) is 11.5 Å². The van der Waals surface area contributed by atoms with Crippen molar-refractivity contribution in [3.8, 4) is 11.5 Å². The molecule has 35 heavy (non-hydrogen) atoms. The first-order chi connectivity index (χ1) is 17.1. The van der Waals surface area contributed by atoms with Crippen molar-refractivity contribution in [2.75, 3.05) is 0 Å². The molecule has 0 radical (unpaired) electrons. The van der Waals surface area contributed by atoms with Crippen molar-refractivity contribution in [3.05, 3.63) is 156 Å². The summed E-state index contributed by atoms with van der Waals surface area (Å²) in [6.45, 7) is 7.54. The smallest absolute Gasteiger partial charge is 0.131 e. The van der Waals surface area contributed by atoms with Crippen molar-refractivity contribution in [1.29, 1.82) is 0 Å². The third-order valence-electron chi connectivity index (χ3n) is 6.09. The zero-order chi connectivity index (χ0) is 24.6. The molecule has 0 spiro atoms. The Morgan fingerprint density at radius 1 is 0.571 bits per heavy atom. The quantitative estimate of drug-likeness (QED) is 0.247. The van der Waals surface area contributed by atoms with E-state index in [0.717, 1.165) is 33.4 Å². The molecular weight excluding hydrogens is 432 g/mol. The van der Waals surface area contributed by atoms with Crippen LogP contribution in [0.25, 0.3) is 0 Å². The Hall–Kier alpha value is -3.92. The first-order valence-corrected chi connectivity index (χ1v) is 11.7. The van der Waals surface area contributed by atoms with Gasteiger partial charge in [-0.25, -0.2) is 0 Å². The van der Waals surface area contributed by atoms with E-state index in [-0.39, 0.29) is 0 Å². The van der Waals surface area contributed by atoms with E-state index >= 15 is 0 Å². The van der Waals surface area contributed by atoms with Gasteiger partial charge in [-0.2, -0.15) is 0 Å². The van der Waals surface area contributed by atoms with Crippen molar-refractivity contribution in [1.82, 2.24) is 0 Å². The molecule has 4 aromatic carbocycles. The van der Waals surface area contributed by atoms with Crippen LogP contribution >= 0.6 is 0 Å². The van der Waals surface area contributed by atoms with E-state index in [1.165, 1.54) is 12.2 Å². The third kappa shape index (κ3) is 5.78. The molecular formula is C32H30O3. The fraction of sp³-hybridized carbons (Fsp3) is 0.125. The lowest BCUT2D eigenvalue weighted by Crippen LogP contribution is -2.06. The van der Waals surface area contributed by atoms with E-state index in [0.29, 0.717) is 24.3 Å². The van der Waals surface area contributed by atoms with E-state index < -0.39 is 12.2 Å². The average Bonchev–Trinajstić information content (AvgIpc) is 2.90. The van der Waals surface area contributed by atoms with Crippen LogP contribution in [0.4, 0.5) is 0 Å². The lowest BCUT2D eigenvalue weighted by atomic mass is 9.94. The molecule has 0 aliphatic heterocycles. The van der Waals surface area contributed by atoms with Gasteiger partial charge in [0, 0.05) is 24.0 Å². The first kappa shape index (κ1) is 24.2. The maximum Gasteiger partial charge on any atom is 0.131 e. The third-order valence-corrected chi connectivity index (χ3v) is 6.09. The van der Waals surface area contributed by atoms with Crippen LogP contribution < -0.4 is 4.74 Å². The van der Waals surface area contributed by atoms with Gasteiger partial charge in [0.1, 0.15) is 11.5 Å². The zero-order valence-electron chi connectivity index (χ0n) is 19.7. The molecule has 0 amide bonds. The van der Waals surface area contributed by atoms with Gasteiger partial charge in [0.2, 0.25) is 0 Å². The van der Waals surface area contributed by atoms with Gasteiger partial charge < -0.3 is 14.9 Å². The zero-order valence-corrected chi connectivity index (χ0v) is 19.7. The minimum Gasteiger partial charge on any atom is -0.457 e. The molecule has 0 bridgehead atoms. The van der Waals surface area contributed by atoms with E-state index in [4.69, 9.17) is 4.74 Å². The number of rotatable bonds is 10. The average molecular weight is 463 g/mol. The standard InChI is InChI=1S/C32H30O3/c1-3-29(33)25-17-11-19-31(27(25)21-23-13-7-5-8-14-23)35-32-20-12-18-26(30(34)4-2)28(32)22-24-15-9-6-10-16-24/h3-20,29-30,33-34H,1-2,21-22H2. The molecule has 0 heterocycles. The predicted octanol–water partition coefficient (Wildman–Crippen LogP) is 7.10. The molecule has 4 rings (SSSR count). The fourth-order valence-electron chi connectivity index (χ4n) is 4.26. The SMILES string of the molecule is C=CC(O)c1cccc(Oc2cccc(C(O)C=C)c2Cc2ccccc2)c1Cc1ccccc1. The van der Waals surface area contributed by atoms with E-state index in [1.807, 2.05) is 72.8 Å². The van der Waals surface area contributed by atoms with E-state index in [1.54, 1.807) is 0 Å². The second-order valence-corrected chi connectivity index (χ2v) is 8.44. The Kier molecular flexibility index (Phi) is 7.94. The summed E-state index contributed by atoms with van der Waals surface area (Å²) >= 11 is 0. The summed E-state index contributed by atoms with van der Waals surface area (Å²) < 4.78 is 6.56. The topological polar surface area (TPSA) is 49.7 Å². The van der Waals surface area contributed by atoms with Crippen LogP contribution in [0.1, 0.15) is 45.6 Å². The minimum absolute atomic E-state index is 0.597. The number of hydrogen-bond acceptors (Lipinski definition) is 3. The van der Waals surface area contributed by atoms with Gasteiger partial charge in [-0.1, -0.05) is 97.1 Å². The van der Waals surface area contributed by atoms with Crippen molar-refractivity contribution < 1.29 is 14.9 Å². The molecule has 0 saturated carbocycles. The van der Waals surface area contributed by atoms with Crippen LogP contribution in [-0.4, -0.2) is 10.2 Å². The molecule has 2 N–H and O–H groups in total. The molecule has 2 unspecified atom stereocenters. The summed E-state index contributed by atoms with van der Waals surface area (Å²) in [5.41, 5.74) is 5.53. The Balaban J connectivity index is 1.81. The van der Waals surface area contributed by atoms with Crippen LogP contribution in [0, 0.1) is 0 Å². The molecule has 3 nitrogen and oxygen atoms in total. The maximum absolute atomic E-state index is 10.7. The number of hydrogen-bond donors (Lipinski definition) is 2. The highest BCUT2D eigenvalue weighted by atomic mass is 16.5. The predicted molar refractivity (Wildman–Crippen MR) is 142 cm³/mol. The lowest BCUT2D eigenvalue weighted by Gasteiger charge is -2.21. The first-order valence-electron chi connectivity index (χ1n) is 11.7. The van der Waals surface area contributed by atoms with Crippen LogP contribution in [0.2, 0.25) is 0 Å². The van der Waals surface area contributed by atoms with Gasteiger partial charge in [0.05, 0.1) is 12.2 Å². The Morgan fingerprint density at radius 3 is 1.34 bits per heavy atom. The molecule has 176 valence electrons. The van der Waals surface area contributed by atoms with Crippen molar-refractivity contribution in [2.45, 2.75) is 25.0 Å². The lowest BCUT2D eigenvalue weighted by molar-refractivity contribution is 0.227. The second kappa shape index (κ2) is 11.5. The van der Waals surface area contributed by atoms with Crippen LogP contribution in [0.15, 0.2) is 122 Å². The van der Waals surface area contributed by atoms with Crippen molar-refractivity contribution in [3.63, 3.8) is 0 Å². The summed E-state index contributed by atoms with van der Waals surface area (Å²) in [6.07, 6.45) is 2.62. The van der Waals surface area contributed by atoms with E-state index in [9.17, 15) is 10.2 Å². The van der Waals surface area contributed by atoms with Gasteiger partial charge in [0.15, 0.2) is 0 Å². The maximum atomic E-state index is 10.7. The summed E-state index contributed by atoms with van der Waals surface area (Å²) in [6, 6.07) is 31.6. The van der Waals surface area contributed by atoms with Crippen molar-refractivity contribution in [2.24, 2.45) is 0 Å². The molecule has 0 aliphatic rings. The molecule has 0 fully saturated rings. The van der Waals surface area contributed by atoms with Gasteiger partial charge >= 0.3 is 0 Å². The summed E-state index contributed by atoms with van der Waals surface area (Å²) in [7, 11) is 0. The molecule has 2 atom stereocenters. The van der Waals surface area contributed by atoms with Gasteiger partial charge in [-0.15, -0.1) is 13.2 Å². The van der Waals surface area contributed by atoms with E-state index in [2.05, 4.69) is 37.4 Å². The second-order valence-electron chi connectivity index (χ2n) is 8.44. The Bertz CT molecular complexity index is 1180. The Labute approximate surface area is 207 Å². The molecule has 4 aromatic rings. The number of benzene rings is 4. The summed E-state index contributed by atoms with van der Waals surface area (Å²) in [5.74, 6) is 1.32. The number of ether oxygens (including phenoxy) is 1. The molecule has 0 aromatic heterocycles.